The van der Waals surface area contributed by atoms with Crippen LogP contribution in [0, 0.1) is 0 Å². The molecule has 0 fully saturated rings. The van der Waals surface area contributed by atoms with Crippen LogP contribution < -0.4 is 5.73 Å². The number of nitrogen functional groups attached to an aromatic ring is 1. The van der Waals surface area contributed by atoms with E-state index >= 15 is 0 Å². The minimum Gasteiger partial charge on any atom is -0.384 e. The van der Waals surface area contributed by atoms with Crippen LogP contribution in [0.4, 0.5) is 5.82 Å². The lowest BCUT2D eigenvalue weighted by atomic mass is 10.3. The fourth-order valence-electron chi connectivity index (χ4n) is 0.838. The average molecular weight is 212 g/mol. The molecule has 0 radical (unpaired) electrons. The van der Waals surface area contributed by atoms with E-state index in [4.69, 9.17) is 5.73 Å². The molecule has 0 bridgehead atoms. The Bertz CT molecular complexity index is 200. The van der Waals surface area contributed by atoms with Crippen LogP contribution in [0.1, 0.15) is 19.8 Å². The van der Waals surface area contributed by atoms with Gasteiger partial charge < -0.3 is 5.73 Å². The maximum absolute atomic E-state index is 5.58. The van der Waals surface area contributed by atoms with Gasteiger partial charge in [0.05, 0.1) is 6.20 Å². The Morgan fingerprint density at radius 2 is 2.17 bits per heavy atom. The molecule has 0 aromatic carbocycles. The predicted octanol–water partition coefficient (Wildman–Crippen LogP) is 2.11. The number of unbranched alkanes of at least 4 members (excludes halogenated alkanes) is 1. The SMILES string of the molecule is CCCCn1nccc1N.Cl.Cl. The smallest absolute Gasteiger partial charge is 0.121 e. The van der Waals surface area contributed by atoms with Crippen molar-refractivity contribution in [1.82, 2.24) is 9.78 Å². The highest BCUT2D eigenvalue weighted by molar-refractivity contribution is 5.85. The normalized spacial score (nSPS) is 8.42. The largest absolute Gasteiger partial charge is 0.384 e. The number of rotatable bonds is 3. The highest BCUT2D eigenvalue weighted by atomic mass is 35.5. The molecule has 0 spiro atoms. The monoisotopic (exact) mass is 211 g/mol. The maximum atomic E-state index is 5.58. The second kappa shape index (κ2) is 7.25. The molecule has 0 atom stereocenters. The number of halogens is 2. The Kier molecular flexibility index (Phi) is 8.54. The molecule has 1 heterocycles. The molecule has 0 saturated heterocycles. The van der Waals surface area contributed by atoms with Crippen LogP contribution in [0.5, 0.6) is 0 Å². The molecule has 5 heteroatoms. The summed E-state index contributed by atoms with van der Waals surface area (Å²) in [5.41, 5.74) is 5.58. The first-order valence-corrected chi connectivity index (χ1v) is 3.62. The topological polar surface area (TPSA) is 43.8 Å². The molecule has 0 aliphatic carbocycles. The second-order valence-electron chi connectivity index (χ2n) is 2.33. The number of anilines is 1. The predicted molar refractivity (Wildman–Crippen MR) is 56.0 cm³/mol. The summed E-state index contributed by atoms with van der Waals surface area (Å²) in [5.74, 6) is 0.758. The lowest BCUT2D eigenvalue weighted by Crippen LogP contribution is -2.03. The van der Waals surface area contributed by atoms with Gasteiger partial charge in [0.15, 0.2) is 0 Å². The summed E-state index contributed by atoms with van der Waals surface area (Å²) in [6, 6.07) is 1.82. The number of aryl methyl sites for hydroxylation is 1. The molecule has 0 aliphatic rings. The van der Waals surface area contributed by atoms with Gasteiger partial charge in [0.25, 0.3) is 0 Å². The Hall–Kier alpha value is -0.410. The van der Waals surface area contributed by atoms with Gasteiger partial charge in [-0.15, -0.1) is 24.8 Å². The van der Waals surface area contributed by atoms with Crippen molar-refractivity contribution in [2.24, 2.45) is 0 Å². The van der Waals surface area contributed by atoms with Gasteiger partial charge in [0.1, 0.15) is 5.82 Å². The zero-order chi connectivity index (χ0) is 7.40. The zero-order valence-electron chi connectivity index (χ0n) is 7.06. The fraction of sp³-hybridized carbons (Fsp3) is 0.571. The van der Waals surface area contributed by atoms with Crippen LogP contribution in [0.2, 0.25) is 0 Å². The van der Waals surface area contributed by atoms with Crippen molar-refractivity contribution in [3.8, 4) is 0 Å². The minimum atomic E-state index is 0. The van der Waals surface area contributed by atoms with Crippen LogP contribution in [0.15, 0.2) is 12.3 Å². The van der Waals surface area contributed by atoms with Gasteiger partial charge in [-0.1, -0.05) is 13.3 Å². The van der Waals surface area contributed by atoms with Crippen molar-refractivity contribution in [2.75, 3.05) is 5.73 Å². The van der Waals surface area contributed by atoms with Gasteiger partial charge in [0.2, 0.25) is 0 Å². The molecule has 0 amide bonds. The summed E-state index contributed by atoms with van der Waals surface area (Å²) < 4.78 is 1.82. The molecule has 0 aliphatic heterocycles. The molecule has 3 nitrogen and oxygen atoms in total. The van der Waals surface area contributed by atoms with E-state index in [9.17, 15) is 0 Å². The van der Waals surface area contributed by atoms with Gasteiger partial charge in [0, 0.05) is 6.54 Å². The standard InChI is InChI=1S/C7H13N3.2ClH/c1-2-3-6-10-7(8)4-5-9-10;;/h4-5H,2-3,6,8H2,1H3;2*1H. The van der Waals surface area contributed by atoms with Crippen LogP contribution in [-0.2, 0) is 6.54 Å². The second-order valence-corrected chi connectivity index (χ2v) is 2.33. The van der Waals surface area contributed by atoms with Gasteiger partial charge in [-0.05, 0) is 12.5 Å². The Morgan fingerprint density at radius 1 is 1.50 bits per heavy atom. The highest BCUT2D eigenvalue weighted by Crippen LogP contribution is 2.01. The summed E-state index contributed by atoms with van der Waals surface area (Å²) in [5, 5.41) is 4.04. The maximum Gasteiger partial charge on any atom is 0.121 e. The third-order valence-electron chi connectivity index (χ3n) is 1.47. The molecular formula is C7H15Cl2N3. The summed E-state index contributed by atoms with van der Waals surface area (Å²) in [6.45, 7) is 3.09. The summed E-state index contributed by atoms with van der Waals surface area (Å²) in [7, 11) is 0. The summed E-state index contributed by atoms with van der Waals surface area (Å²) in [6.07, 6.45) is 4.05. The summed E-state index contributed by atoms with van der Waals surface area (Å²) >= 11 is 0. The fourth-order valence-corrected chi connectivity index (χ4v) is 0.838. The number of nitrogens with zero attached hydrogens (tertiary/aromatic N) is 2. The number of hydrogen-bond acceptors (Lipinski definition) is 2. The lowest BCUT2D eigenvalue weighted by Gasteiger charge is -2.00. The van der Waals surface area contributed by atoms with E-state index in [0.29, 0.717) is 0 Å². The van der Waals surface area contributed by atoms with E-state index in [1.165, 1.54) is 6.42 Å². The van der Waals surface area contributed by atoms with Gasteiger partial charge in [-0.3, -0.25) is 4.68 Å². The van der Waals surface area contributed by atoms with E-state index in [0.717, 1.165) is 18.8 Å². The van der Waals surface area contributed by atoms with Crippen LogP contribution >= 0.6 is 24.8 Å². The van der Waals surface area contributed by atoms with E-state index in [1.807, 2.05) is 10.7 Å². The first-order valence-electron chi connectivity index (χ1n) is 3.62. The molecule has 1 rings (SSSR count). The molecule has 1 aromatic rings. The van der Waals surface area contributed by atoms with E-state index in [2.05, 4.69) is 12.0 Å². The molecular weight excluding hydrogens is 197 g/mol. The number of nitrogens with two attached hydrogens (primary N) is 1. The lowest BCUT2D eigenvalue weighted by molar-refractivity contribution is 0.579. The average Bonchev–Trinajstić information content (AvgIpc) is 2.31. The highest BCUT2D eigenvalue weighted by Gasteiger charge is 1.94. The molecule has 0 unspecified atom stereocenters. The summed E-state index contributed by atoms with van der Waals surface area (Å²) in [4.78, 5) is 0. The van der Waals surface area contributed by atoms with E-state index in [1.54, 1.807) is 6.20 Å². The zero-order valence-corrected chi connectivity index (χ0v) is 8.70. The third kappa shape index (κ3) is 3.83. The van der Waals surface area contributed by atoms with E-state index in [-0.39, 0.29) is 24.8 Å². The van der Waals surface area contributed by atoms with Gasteiger partial charge in [-0.2, -0.15) is 5.10 Å². The van der Waals surface area contributed by atoms with Crippen LogP contribution in [0.3, 0.4) is 0 Å². The molecule has 1 aromatic heterocycles. The van der Waals surface area contributed by atoms with Crippen LogP contribution in [-0.4, -0.2) is 9.78 Å². The molecule has 12 heavy (non-hydrogen) atoms. The van der Waals surface area contributed by atoms with Crippen molar-refractivity contribution in [2.45, 2.75) is 26.3 Å². The van der Waals surface area contributed by atoms with Crippen molar-refractivity contribution in [1.29, 1.82) is 0 Å². The number of hydrogen-bond donors (Lipinski definition) is 1. The van der Waals surface area contributed by atoms with Crippen molar-refractivity contribution < 1.29 is 0 Å². The van der Waals surface area contributed by atoms with E-state index < -0.39 is 0 Å². The first kappa shape index (κ1) is 14.1. The van der Waals surface area contributed by atoms with Gasteiger partial charge >= 0.3 is 0 Å². The van der Waals surface area contributed by atoms with Crippen molar-refractivity contribution in [3.05, 3.63) is 12.3 Å². The molecule has 72 valence electrons. The number of aromatic nitrogens is 2. The minimum absolute atomic E-state index is 0. The Morgan fingerprint density at radius 3 is 2.58 bits per heavy atom. The third-order valence-corrected chi connectivity index (χ3v) is 1.47. The Balaban J connectivity index is 0. The Labute approximate surface area is 85.1 Å². The van der Waals surface area contributed by atoms with Gasteiger partial charge in [-0.25, -0.2) is 0 Å². The van der Waals surface area contributed by atoms with Crippen molar-refractivity contribution in [3.63, 3.8) is 0 Å². The molecule has 2 N–H and O–H groups in total. The van der Waals surface area contributed by atoms with Crippen molar-refractivity contribution >= 4 is 30.6 Å². The quantitative estimate of drug-likeness (QED) is 0.833. The first-order chi connectivity index (χ1) is 4.84. The molecule has 0 saturated carbocycles. The van der Waals surface area contributed by atoms with Crippen LogP contribution in [0.25, 0.3) is 0 Å².